The first-order chi connectivity index (χ1) is 11.8. The van der Waals surface area contributed by atoms with E-state index in [1.807, 2.05) is 6.92 Å². The number of ether oxygens (including phenoxy) is 1. The molecule has 0 radical (unpaired) electrons. The van der Waals surface area contributed by atoms with E-state index in [0.717, 1.165) is 5.56 Å². The van der Waals surface area contributed by atoms with Crippen molar-refractivity contribution in [3.8, 4) is 0 Å². The molecule has 134 valence electrons. The fourth-order valence-electron chi connectivity index (χ4n) is 2.07. The third-order valence-corrected chi connectivity index (χ3v) is 5.41. The summed E-state index contributed by atoms with van der Waals surface area (Å²) in [6, 6.07) is 9.62. The van der Waals surface area contributed by atoms with Crippen LogP contribution in [0.15, 0.2) is 41.3 Å². The number of benzene rings is 1. The van der Waals surface area contributed by atoms with Gasteiger partial charge < -0.3 is 10.1 Å². The Labute approximate surface area is 146 Å². The SMILES string of the molecule is COC(=O)c1ccc(NC(C)c2ccc(S(=O)(=O)N(C)C)cc2)nn1. The lowest BCUT2D eigenvalue weighted by molar-refractivity contribution is 0.0592. The lowest BCUT2D eigenvalue weighted by Crippen LogP contribution is -2.22. The molecule has 1 unspecified atom stereocenters. The van der Waals surface area contributed by atoms with Gasteiger partial charge >= 0.3 is 5.97 Å². The molecule has 0 amide bonds. The quantitative estimate of drug-likeness (QED) is 0.778. The van der Waals surface area contributed by atoms with Crippen LogP contribution in [-0.2, 0) is 14.8 Å². The maximum Gasteiger partial charge on any atom is 0.358 e. The predicted octanol–water partition coefficient (Wildman–Crippen LogP) is 1.69. The minimum atomic E-state index is -3.45. The Kier molecular flexibility index (Phi) is 5.70. The molecule has 0 saturated heterocycles. The molecule has 2 rings (SSSR count). The van der Waals surface area contributed by atoms with Crippen molar-refractivity contribution in [2.45, 2.75) is 17.9 Å². The van der Waals surface area contributed by atoms with Crippen molar-refractivity contribution < 1.29 is 17.9 Å². The molecule has 1 aromatic heterocycles. The van der Waals surface area contributed by atoms with Gasteiger partial charge in [0.1, 0.15) is 5.82 Å². The number of carbonyl (C=O) groups is 1. The summed E-state index contributed by atoms with van der Waals surface area (Å²) in [5, 5.41) is 10.9. The molecule has 0 bridgehead atoms. The zero-order chi connectivity index (χ0) is 18.6. The van der Waals surface area contributed by atoms with Gasteiger partial charge in [0, 0.05) is 20.1 Å². The van der Waals surface area contributed by atoms with Gasteiger partial charge in [0.15, 0.2) is 5.69 Å². The van der Waals surface area contributed by atoms with Crippen molar-refractivity contribution in [2.24, 2.45) is 0 Å². The largest absolute Gasteiger partial charge is 0.464 e. The lowest BCUT2D eigenvalue weighted by Gasteiger charge is -2.16. The second-order valence-corrected chi connectivity index (χ2v) is 7.67. The molecule has 0 saturated carbocycles. The molecule has 0 aliphatic heterocycles. The van der Waals surface area contributed by atoms with Crippen LogP contribution in [0.4, 0.5) is 5.82 Å². The van der Waals surface area contributed by atoms with Crippen LogP contribution in [0.3, 0.4) is 0 Å². The minimum Gasteiger partial charge on any atom is -0.464 e. The molecule has 0 fully saturated rings. The first-order valence-corrected chi connectivity index (χ1v) is 8.90. The molecule has 9 heteroatoms. The van der Waals surface area contributed by atoms with Gasteiger partial charge in [0.25, 0.3) is 0 Å². The molecule has 8 nitrogen and oxygen atoms in total. The van der Waals surface area contributed by atoms with Crippen molar-refractivity contribution >= 4 is 21.8 Å². The Bertz CT molecular complexity index is 833. The summed E-state index contributed by atoms with van der Waals surface area (Å²) in [6.07, 6.45) is 0. The van der Waals surface area contributed by atoms with Crippen molar-refractivity contribution in [1.29, 1.82) is 0 Å². The zero-order valence-electron chi connectivity index (χ0n) is 14.4. The lowest BCUT2D eigenvalue weighted by atomic mass is 10.1. The summed E-state index contributed by atoms with van der Waals surface area (Å²) >= 11 is 0. The van der Waals surface area contributed by atoms with Gasteiger partial charge in [-0.15, -0.1) is 10.2 Å². The standard InChI is InChI=1S/C16H20N4O4S/c1-11(17-15-10-9-14(18-19-15)16(21)24-4)12-5-7-13(8-6-12)25(22,23)20(2)3/h5-11H,1-4H3,(H,17,19). The van der Waals surface area contributed by atoms with Gasteiger partial charge in [0.05, 0.1) is 12.0 Å². The van der Waals surface area contributed by atoms with Crippen molar-refractivity contribution in [3.05, 3.63) is 47.7 Å². The highest BCUT2D eigenvalue weighted by Crippen LogP contribution is 2.20. The number of rotatable bonds is 6. The minimum absolute atomic E-state index is 0.124. The smallest absolute Gasteiger partial charge is 0.358 e. The van der Waals surface area contributed by atoms with Crippen LogP contribution in [0.5, 0.6) is 0 Å². The Morgan fingerprint density at radius 1 is 1.12 bits per heavy atom. The number of aromatic nitrogens is 2. The van der Waals surface area contributed by atoms with E-state index >= 15 is 0 Å². The number of sulfonamides is 1. The van der Waals surface area contributed by atoms with E-state index < -0.39 is 16.0 Å². The van der Waals surface area contributed by atoms with Gasteiger partial charge in [-0.25, -0.2) is 17.5 Å². The molecule has 0 spiro atoms. The van der Waals surface area contributed by atoms with Crippen LogP contribution < -0.4 is 5.32 Å². The molecule has 1 aromatic carbocycles. The molecule has 2 aromatic rings. The molecule has 25 heavy (non-hydrogen) atoms. The summed E-state index contributed by atoms with van der Waals surface area (Å²) in [5.74, 6) is -0.0602. The summed E-state index contributed by atoms with van der Waals surface area (Å²) < 4.78 is 29.9. The first-order valence-electron chi connectivity index (χ1n) is 7.46. The second-order valence-electron chi connectivity index (χ2n) is 5.52. The van der Waals surface area contributed by atoms with E-state index in [1.54, 1.807) is 30.3 Å². The fraction of sp³-hybridized carbons (Fsp3) is 0.312. The van der Waals surface area contributed by atoms with Gasteiger partial charge in [-0.2, -0.15) is 0 Å². The summed E-state index contributed by atoms with van der Waals surface area (Å²) in [7, 11) is 0.810. The third-order valence-electron chi connectivity index (χ3n) is 3.58. The van der Waals surface area contributed by atoms with Crippen molar-refractivity contribution in [2.75, 3.05) is 26.5 Å². The van der Waals surface area contributed by atoms with Gasteiger partial charge in [-0.1, -0.05) is 12.1 Å². The number of nitrogens with one attached hydrogen (secondary N) is 1. The molecule has 1 heterocycles. The molecular formula is C16H20N4O4S. The monoisotopic (exact) mass is 364 g/mol. The highest BCUT2D eigenvalue weighted by atomic mass is 32.2. The Balaban J connectivity index is 2.11. The van der Waals surface area contributed by atoms with E-state index in [4.69, 9.17) is 0 Å². The van der Waals surface area contributed by atoms with Crippen LogP contribution in [0, 0.1) is 0 Å². The Morgan fingerprint density at radius 2 is 1.76 bits per heavy atom. The van der Waals surface area contributed by atoms with Gasteiger partial charge in [-0.3, -0.25) is 0 Å². The number of carbonyl (C=O) groups excluding carboxylic acids is 1. The predicted molar refractivity (Wildman–Crippen MR) is 92.7 cm³/mol. The number of methoxy groups -OCH3 is 1. The van der Waals surface area contributed by atoms with E-state index in [1.165, 1.54) is 31.6 Å². The highest BCUT2D eigenvalue weighted by Gasteiger charge is 2.17. The second kappa shape index (κ2) is 7.58. The Hall–Kier alpha value is -2.52. The fourth-order valence-corrected chi connectivity index (χ4v) is 2.97. The molecule has 1 N–H and O–H groups in total. The van der Waals surface area contributed by atoms with Crippen molar-refractivity contribution in [3.63, 3.8) is 0 Å². The number of esters is 1. The normalized spacial score (nSPS) is 12.7. The summed E-state index contributed by atoms with van der Waals surface area (Å²) in [6.45, 7) is 1.91. The van der Waals surface area contributed by atoms with Crippen LogP contribution in [-0.4, -0.2) is 50.1 Å². The highest BCUT2D eigenvalue weighted by molar-refractivity contribution is 7.89. The topological polar surface area (TPSA) is 101 Å². The van der Waals surface area contributed by atoms with Crippen LogP contribution >= 0.6 is 0 Å². The molecule has 0 aliphatic carbocycles. The van der Waals surface area contributed by atoms with E-state index in [2.05, 4.69) is 20.3 Å². The van der Waals surface area contributed by atoms with Crippen LogP contribution in [0.25, 0.3) is 0 Å². The zero-order valence-corrected chi connectivity index (χ0v) is 15.2. The Morgan fingerprint density at radius 3 is 2.24 bits per heavy atom. The summed E-state index contributed by atoms with van der Waals surface area (Å²) in [5.41, 5.74) is 1.01. The number of hydrogen-bond donors (Lipinski definition) is 1. The first kappa shape index (κ1) is 18.8. The average molecular weight is 364 g/mol. The van der Waals surface area contributed by atoms with Crippen LogP contribution in [0.2, 0.25) is 0 Å². The maximum absolute atomic E-state index is 12.1. The van der Waals surface area contributed by atoms with Gasteiger partial charge in [-0.05, 0) is 36.8 Å². The van der Waals surface area contributed by atoms with E-state index in [0.29, 0.717) is 5.82 Å². The molecule has 0 aliphatic rings. The van der Waals surface area contributed by atoms with E-state index in [-0.39, 0.29) is 16.6 Å². The van der Waals surface area contributed by atoms with Crippen molar-refractivity contribution in [1.82, 2.24) is 14.5 Å². The average Bonchev–Trinajstić information content (AvgIpc) is 2.61. The van der Waals surface area contributed by atoms with E-state index in [9.17, 15) is 13.2 Å². The maximum atomic E-state index is 12.1. The van der Waals surface area contributed by atoms with Crippen LogP contribution in [0.1, 0.15) is 29.0 Å². The number of nitrogens with zero attached hydrogens (tertiary/aromatic N) is 3. The third kappa shape index (κ3) is 4.31. The summed E-state index contributed by atoms with van der Waals surface area (Å²) in [4.78, 5) is 11.6. The molecule has 1 atom stereocenters. The molecular weight excluding hydrogens is 344 g/mol. The number of anilines is 1. The van der Waals surface area contributed by atoms with Gasteiger partial charge in [0.2, 0.25) is 10.0 Å². The number of hydrogen-bond acceptors (Lipinski definition) is 7.